The molecule has 6 nitrogen and oxygen atoms in total. The van der Waals surface area contributed by atoms with E-state index in [0.29, 0.717) is 23.5 Å². The van der Waals surface area contributed by atoms with Crippen LogP contribution in [0.2, 0.25) is 0 Å². The minimum absolute atomic E-state index is 0.127. The second kappa shape index (κ2) is 10.2. The van der Waals surface area contributed by atoms with Gasteiger partial charge in [0, 0.05) is 16.9 Å². The van der Waals surface area contributed by atoms with Gasteiger partial charge in [-0.3, -0.25) is 9.59 Å². The molecule has 3 N–H and O–H groups in total. The highest BCUT2D eigenvalue weighted by molar-refractivity contribution is 6.04. The lowest BCUT2D eigenvalue weighted by atomic mass is 10.1. The zero-order valence-corrected chi connectivity index (χ0v) is 17.3. The summed E-state index contributed by atoms with van der Waals surface area (Å²) < 4.78 is 19.1. The highest BCUT2D eigenvalue weighted by atomic mass is 19.1. The first-order valence-corrected chi connectivity index (χ1v) is 9.92. The zero-order valence-electron chi connectivity index (χ0n) is 17.3. The molecule has 3 rings (SSSR count). The monoisotopic (exact) mass is 421 g/mol. The number of anilines is 3. The Hall–Kier alpha value is -3.87. The maximum atomic E-state index is 13.7. The molecule has 0 heterocycles. The topological polar surface area (TPSA) is 79.5 Å². The van der Waals surface area contributed by atoms with E-state index in [1.807, 2.05) is 6.92 Å². The molecule has 0 saturated heterocycles. The van der Waals surface area contributed by atoms with Gasteiger partial charge in [0.15, 0.2) is 0 Å². The van der Waals surface area contributed by atoms with Gasteiger partial charge in [0.25, 0.3) is 5.91 Å². The summed E-state index contributed by atoms with van der Waals surface area (Å²) in [5.41, 5.74) is 1.92. The normalized spacial score (nSPS) is 11.3. The minimum Gasteiger partial charge on any atom is -0.494 e. The number of halogens is 1. The SMILES string of the molecule is CCOc1ccc(NC(=O)c2ccc(N[C@@H](C)C(=O)Nc3ccccc3F)cc2)cc1. The molecular formula is C24H24FN3O3. The van der Waals surface area contributed by atoms with Crippen molar-refractivity contribution in [1.82, 2.24) is 0 Å². The van der Waals surface area contributed by atoms with E-state index < -0.39 is 11.9 Å². The van der Waals surface area contributed by atoms with E-state index in [4.69, 9.17) is 4.74 Å². The van der Waals surface area contributed by atoms with Gasteiger partial charge in [0.05, 0.1) is 12.3 Å². The molecule has 0 radical (unpaired) electrons. The maximum absolute atomic E-state index is 13.7. The highest BCUT2D eigenvalue weighted by Crippen LogP contribution is 2.18. The Morgan fingerprint density at radius 2 is 1.55 bits per heavy atom. The van der Waals surface area contributed by atoms with E-state index in [-0.39, 0.29) is 17.5 Å². The molecule has 0 aromatic heterocycles. The predicted octanol–water partition coefficient (Wildman–Crippen LogP) is 4.92. The number of amides is 2. The van der Waals surface area contributed by atoms with Gasteiger partial charge in [-0.1, -0.05) is 12.1 Å². The number of hydrogen-bond acceptors (Lipinski definition) is 4. The zero-order chi connectivity index (χ0) is 22.2. The number of ether oxygens (including phenoxy) is 1. The smallest absolute Gasteiger partial charge is 0.255 e. The Kier molecular flexibility index (Phi) is 7.22. The van der Waals surface area contributed by atoms with Crippen molar-refractivity contribution in [2.75, 3.05) is 22.6 Å². The fraction of sp³-hybridized carbons (Fsp3) is 0.167. The lowest BCUT2D eigenvalue weighted by Gasteiger charge is -2.16. The molecule has 160 valence electrons. The molecule has 0 aliphatic heterocycles. The fourth-order valence-corrected chi connectivity index (χ4v) is 2.84. The molecule has 0 saturated carbocycles. The van der Waals surface area contributed by atoms with Crippen molar-refractivity contribution in [3.63, 3.8) is 0 Å². The molecule has 2 amide bonds. The largest absolute Gasteiger partial charge is 0.494 e. The standard InChI is InChI=1S/C24H24FN3O3/c1-3-31-20-14-12-19(13-15-20)27-24(30)17-8-10-18(11-9-17)26-16(2)23(29)28-22-7-5-4-6-21(22)25/h4-16,26H,3H2,1-2H3,(H,27,30)(H,28,29)/t16-/m0/s1. The van der Waals surface area contributed by atoms with Crippen LogP contribution in [0.4, 0.5) is 21.5 Å². The van der Waals surface area contributed by atoms with E-state index in [1.54, 1.807) is 67.6 Å². The van der Waals surface area contributed by atoms with Gasteiger partial charge in [0.2, 0.25) is 5.91 Å². The second-order valence-corrected chi connectivity index (χ2v) is 6.82. The van der Waals surface area contributed by atoms with Crippen LogP contribution in [-0.4, -0.2) is 24.5 Å². The average Bonchev–Trinajstić information content (AvgIpc) is 2.77. The van der Waals surface area contributed by atoms with Crippen LogP contribution in [-0.2, 0) is 4.79 Å². The van der Waals surface area contributed by atoms with Gasteiger partial charge in [-0.15, -0.1) is 0 Å². The van der Waals surface area contributed by atoms with Crippen LogP contribution in [0, 0.1) is 5.82 Å². The number of nitrogens with one attached hydrogen (secondary N) is 3. The van der Waals surface area contributed by atoms with Gasteiger partial charge >= 0.3 is 0 Å². The van der Waals surface area contributed by atoms with E-state index in [0.717, 1.165) is 5.75 Å². The third-order valence-corrected chi connectivity index (χ3v) is 4.48. The van der Waals surface area contributed by atoms with Crippen LogP contribution in [0.25, 0.3) is 0 Å². The van der Waals surface area contributed by atoms with Crippen LogP contribution in [0.3, 0.4) is 0 Å². The van der Waals surface area contributed by atoms with Crippen molar-refractivity contribution in [3.8, 4) is 5.75 Å². The Morgan fingerprint density at radius 3 is 2.19 bits per heavy atom. The summed E-state index contributed by atoms with van der Waals surface area (Å²) in [4.78, 5) is 24.7. The molecule has 3 aromatic rings. The molecule has 1 atom stereocenters. The van der Waals surface area contributed by atoms with Crippen LogP contribution in [0.5, 0.6) is 5.75 Å². The van der Waals surface area contributed by atoms with Crippen molar-refractivity contribution in [3.05, 3.63) is 84.2 Å². The molecule has 0 fully saturated rings. The fourth-order valence-electron chi connectivity index (χ4n) is 2.84. The average molecular weight is 421 g/mol. The summed E-state index contributed by atoms with van der Waals surface area (Å²) in [5, 5.41) is 8.41. The summed E-state index contributed by atoms with van der Waals surface area (Å²) >= 11 is 0. The van der Waals surface area contributed by atoms with Gasteiger partial charge in [-0.25, -0.2) is 4.39 Å². The molecule has 0 aliphatic carbocycles. The van der Waals surface area contributed by atoms with Crippen LogP contribution in [0.15, 0.2) is 72.8 Å². The number of carbonyl (C=O) groups is 2. The number of para-hydroxylation sites is 1. The molecule has 7 heteroatoms. The van der Waals surface area contributed by atoms with E-state index >= 15 is 0 Å². The van der Waals surface area contributed by atoms with Gasteiger partial charge in [0.1, 0.15) is 17.6 Å². The first-order valence-electron chi connectivity index (χ1n) is 9.92. The van der Waals surface area contributed by atoms with Crippen LogP contribution >= 0.6 is 0 Å². The number of carbonyl (C=O) groups excluding carboxylic acids is 2. The van der Waals surface area contributed by atoms with E-state index in [2.05, 4.69) is 16.0 Å². The summed E-state index contributed by atoms with van der Waals surface area (Å²) in [7, 11) is 0. The molecule has 3 aromatic carbocycles. The van der Waals surface area contributed by atoms with Gasteiger partial charge in [-0.05, 0) is 74.5 Å². The van der Waals surface area contributed by atoms with Crippen LogP contribution < -0.4 is 20.7 Å². The van der Waals surface area contributed by atoms with Crippen molar-refractivity contribution in [2.45, 2.75) is 19.9 Å². The summed E-state index contributed by atoms with van der Waals surface area (Å²) in [5.74, 6) is -0.376. The second-order valence-electron chi connectivity index (χ2n) is 6.82. The van der Waals surface area contributed by atoms with Crippen molar-refractivity contribution < 1.29 is 18.7 Å². The number of hydrogen-bond donors (Lipinski definition) is 3. The van der Waals surface area contributed by atoms with E-state index in [9.17, 15) is 14.0 Å². The maximum Gasteiger partial charge on any atom is 0.255 e. The van der Waals surface area contributed by atoms with Crippen molar-refractivity contribution in [1.29, 1.82) is 0 Å². The third kappa shape index (κ3) is 6.05. The Bertz CT molecular complexity index is 1040. The number of benzene rings is 3. The van der Waals surface area contributed by atoms with Gasteiger partial charge < -0.3 is 20.7 Å². The van der Waals surface area contributed by atoms with Gasteiger partial charge in [-0.2, -0.15) is 0 Å². The van der Waals surface area contributed by atoms with Crippen molar-refractivity contribution >= 4 is 28.9 Å². The Morgan fingerprint density at radius 1 is 0.903 bits per heavy atom. The lowest BCUT2D eigenvalue weighted by molar-refractivity contribution is -0.116. The minimum atomic E-state index is -0.608. The Labute approximate surface area is 180 Å². The molecule has 0 aliphatic rings. The molecule has 0 spiro atoms. The summed E-state index contributed by atoms with van der Waals surface area (Å²) in [6, 6.07) is 19.2. The molecule has 31 heavy (non-hydrogen) atoms. The summed E-state index contributed by atoms with van der Waals surface area (Å²) in [6.07, 6.45) is 0. The van der Waals surface area contributed by atoms with Crippen molar-refractivity contribution in [2.24, 2.45) is 0 Å². The van der Waals surface area contributed by atoms with E-state index in [1.165, 1.54) is 12.1 Å². The highest BCUT2D eigenvalue weighted by Gasteiger charge is 2.15. The number of rotatable bonds is 8. The summed E-state index contributed by atoms with van der Waals surface area (Å²) in [6.45, 7) is 4.16. The predicted molar refractivity (Wildman–Crippen MR) is 120 cm³/mol. The lowest BCUT2D eigenvalue weighted by Crippen LogP contribution is -2.32. The third-order valence-electron chi connectivity index (χ3n) is 4.48. The first-order chi connectivity index (χ1) is 15.0. The first kappa shape index (κ1) is 21.8. The quantitative estimate of drug-likeness (QED) is 0.483. The Balaban J connectivity index is 1.55. The molecular weight excluding hydrogens is 397 g/mol. The van der Waals surface area contributed by atoms with Crippen LogP contribution in [0.1, 0.15) is 24.2 Å². The molecule has 0 bridgehead atoms. The molecule has 0 unspecified atom stereocenters.